The van der Waals surface area contributed by atoms with Gasteiger partial charge in [0.25, 0.3) is 0 Å². The Hall–Kier alpha value is -0.580. The lowest BCUT2D eigenvalue weighted by Gasteiger charge is -2.23. The zero-order chi connectivity index (χ0) is 13.1. The summed E-state index contributed by atoms with van der Waals surface area (Å²) in [5, 5.41) is -0.619. The van der Waals surface area contributed by atoms with Crippen molar-refractivity contribution in [2.45, 2.75) is 37.5 Å². The zero-order valence-electron chi connectivity index (χ0n) is 9.72. The minimum atomic E-state index is -3.46. The fraction of sp³-hybridized carbons (Fsp3) is 0.800. The second-order valence-electron chi connectivity index (χ2n) is 4.32. The van der Waals surface area contributed by atoms with E-state index in [1.54, 1.807) is 6.92 Å². The molecule has 0 bridgehead atoms. The maximum atomic E-state index is 11.9. The Kier molecular flexibility index (Phi) is 4.58. The molecule has 98 valence electrons. The smallest absolute Gasteiger partial charge is 0.214 e. The molecule has 0 aromatic carbocycles. The molecular weight excluding hydrogens is 262 g/mol. The molecule has 1 fully saturated rings. The average molecular weight is 279 g/mol. The van der Waals surface area contributed by atoms with Crippen molar-refractivity contribution in [3.63, 3.8) is 0 Å². The predicted octanol–water partition coefficient (Wildman–Crippen LogP) is -0.105. The van der Waals surface area contributed by atoms with Crippen molar-refractivity contribution in [1.82, 2.24) is 4.72 Å². The van der Waals surface area contributed by atoms with Crippen LogP contribution in [-0.4, -0.2) is 39.6 Å². The molecule has 7 heteroatoms. The summed E-state index contributed by atoms with van der Waals surface area (Å²) in [7, 11) is -6.50. The van der Waals surface area contributed by atoms with E-state index in [9.17, 15) is 16.8 Å². The van der Waals surface area contributed by atoms with Gasteiger partial charge in [0, 0.05) is 12.5 Å². The van der Waals surface area contributed by atoms with E-state index in [1.807, 2.05) is 0 Å². The van der Waals surface area contributed by atoms with Crippen LogP contribution in [0.1, 0.15) is 26.2 Å². The Morgan fingerprint density at radius 3 is 2.41 bits per heavy atom. The Labute approximate surface area is 103 Å². The van der Waals surface area contributed by atoms with Gasteiger partial charge in [-0.2, -0.15) is 0 Å². The van der Waals surface area contributed by atoms with Crippen molar-refractivity contribution >= 4 is 19.9 Å². The number of hydrogen-bond donors (Lipinski definition) is 1. The zero-order valence-corrected chi connectivity index (χ0v) is 11.4. The van der Waals surface area contributed by atoms with Crippen molar-refractivity contribution in [3.05, 3.63) is 0 Å². The van der Waals surface area contributed by atoms with Crippen LogP contribution in [-0.2, 0) is 19.9 Å². The van der Waals surface area contributed by atoms with Crippen LogP contribution in [0.5, 0.6) is 0 Å². The molecule has 0 aromatic rings. The monoisotopic (exact) mass is 279 g/mol. The van der Waals surface area contributed by atoms with Crippen molar-refractivity contribution in [2.75, 3.05) is 11.5 Å². The summed E-state index contributed by atoms with van der Waals surface area (Å²) in [6.45, 7) is 1.69. The number of sulfonamides is 1. The molecule has 0 amide bonds. The molecule has 1 heterocycles. The Balaban J connectivity index is 2.64. The molecule has 0 saturated carbocycles. The summed E-state index contributed by atoms with van der Waals surface area (Å²) in [6, 6.07) is -0.316. The Morgan fingerprint density at radius 2 is 1.94 bits per heavy atom. The first-order chi connectivity index (χ1) is 7.77. The maximum absolute atomic E-state index is 11.9. The first kappa shape index (κ1) is 14.5. The van der Waals surface area contributed by atoms with E-state index in [4.69, 9.17) is 6.42 Å². The number of hydrogen-bond acceptors (Lipinski definition) is 4. The Bertz CT molecular complexity index is 487. The lowest BCUT2D eigenvalue weighted by atomic mass is 10.2. The second kappa shape index (κ2) is 5.38. The van der Waals surface area contributed by atoms with Crippen molar-refractivity contribution in [1.29, 1.82) is 0 Å². The highest BCUT2D eigenvalue weighted by Gasteiger charge is 2.33. The van der Waals surface area contributed by atoms with Crippen LogP contribution in [0.15, 0.2) is 0 Å². The normalized spacial score (nSPS) is 22.8. The summed E-state index contributed by atoms with van der Waals surface area (Å²) >= 11 is 0. The highest BCUT2D eigenvalue weighted by Crippen LogP contribution is 2.19. The molecule has 0 radical (unpaired) electrons. The summed E-state index contributed by atoms with van der Waals surface area (Å²) in [6.07, 6.45) is 5.76. The van der Waals surface area contributed by atoms with Gasteiger partial charge in [-0.15, -0.1) is 12.3 Å². The van der Waals surface area contributed by atoms with Crippen molar-refractivity contribution in [3.8, 4) is 12.3 Å². The van der Waals surface area contributed by atoms with Gasteiger partial charge in [0.1, 0.15) is 9.84 Å². The lowest BCUT2D eigenvalue weighted by Crippen LogP contribution is -2.43. The van der Waals surface area contributed by atoms with Crippen LogP contribution in [0.3, 0.4) is 0 Å². The van der Waals surface area contributed by atoms with Crippen LogP contribution >= 0.6 is 0 Å². The van der Waals surface area contributed by atoms with Gasteiger partial charge in [-0.3, -0.25) is 0 Å². The number of nitrogens with one attached hydrogen (secondary N) is 1. The molecular formula is C10H17NO4S2. The molecule has 0 aromatic heterocycles. The van der Waals surface area contributed by atoms with E-state index >= 15 is 0 Å². The van der Waals surface area contributed by atoms with Gasteiger partial charge < -0.3 is 0 Å². The molecule has 1 aliphatic heterocycles. The quantitative estimate of drug-likeness (QED) is 0.728. The lowest BCUT2D eigenvalue weighted by molar-refractivity contribution is 0.531. The molecule has 1 atom stereocenters. The van der Waals surface area contributed by atoms with Crippen LogP contribution in [0.2, 0.25) is 0 Å². The largest absolute Gasteiger partial charge is 0.229 e. The van der Waals surface area contributed by atoms with Gasteiger partial charge in [-0.25, -0.2) is 21.6 Å². The van der Waals surface area contributed by atoms with E-state index in [-0.39, 0.29) is 30.4 Å². The van der Waals surface area contributed by atoms with E-state index in [2.05, 4.69) is 10.6 Å². The van der Waals surface area contributed by atoms with Crippen LogP contribution in [0.25, 0.3) is 0 Å². The topological polar surface area (TPSA) is 80.3 Å². The van der Waals surface area contributed by atoms with Gasteiger partial charge in [0.15, 0.2) is 0 Å². The van der Waals surface area contributed by atoms with E-state index in [1.165, 1.54) is 0 Å². The standard InChI is InChI=1S/C10H17NO4S2/c1-3-4-9(2)11-17(14,15)10-5-7-16(12,13)8-6-10/h1,9-11H,4-8H2,2H3. The predicted molar refractivity (Wildman–Crippen MR) is 66.6 cm³/mol. The number of sulfone groups is 1. The summed E-state index contributed by atoms with van der Waals surface area (Å²) in [5.41, 5.74) is 0. The molecule has 5 nitrogen and oxygen atoms in total. The molecule has 1 unspecified atom stereocenters. The van der Waals surface area contributed by atoms with Gasteiger partial charge in [-0.05, 0) is 19.8 Å². The third kappa shape index (κ3) is 4.30. The van der Waals surface area contributed by atoms with Crippen LogP contribution in [0, 0.1) is 12.3 Å². The van der Waals surface area contributed by atoms with Gasteiger partial charge in [0.2, 0.25) is 10.0 Å². The first-order valence-electron chi connectivity index (χ1n) is 5.42. The summed E-state index contributed by atoms with van der Waals surface area (Å²) in [5.74, 6) is 2.28. The van der Waals surface area contributed by atoms with Gasteiger partial charge in [-0.1, -0.05) is 0 Å². The second-order valence-corrected chi connectivity index (χ2v) is 8.62. The molecule has 1 aliphatic rings. The Morgan fingerprint density at radius 1 is 1.41 bits per heavy atom. The highest BCUT2D eigenvalue weighted by atomic mass is 32.2. The highest BCUT2D eigenvalue weighted by molar-refractivity contribution is 7.92. The maximum Gasteiger partial charge on any atom is 0.214 e. The fourth-order valence-corrected chi connectivity index (χ4v) is 5.26. The van der Waals surface area contributed by atoms with Gasteiger partial charge in [0.05, 0.1) is 16.8 Å². The van der Waals surface area contributed by atoms with Crippen LogP contribution in [0.4, 0.5) is 0 Å². The third-order valence-electron chi connectivity index (χ3n) is 2.73. The van der Waals surface area contributed by atoms with Crippen molar-refractivity contribution in [2.24, 2.45) is 0 Å². The number of terminal acetylenes is 1. The van der Waals surface area contributed by atoms with Crippen molar-refractivity contribution < 1.29 is 16.8 Å². The SMILES string of the molecule is C#CCC(C)NS(=O)(=O)C1CCS(=O)(=O)CC1. The van der Waals surface area contributed by atoms with Crippen LogP contribution < -0.4 is 4.72 Å². The minimum Gasteiger partial charge on any atom is -0.229 e. The summed E-state index contributed by atoms with van der Waals surface area (Å²) < 4.78 is 48.7. The molecule has 1 N–H and O–H groups in total. The number of rotatable bonds is 4. The molecule has 1 rings (SSSR count). The van der Waals surface area contributed by atoms with Gasteiger partial charge >= 0.3 is 0 Å². The molecule has 17 heavy (non-hydrogen) atoms. The molecule has 0 spiro atoms. The third-order valence-corrected chi connectivity index (χ3v) is 6.53. The van der Waals surface area contributed by atoms with E-state index < -0.39 is 25.1 Å². The minimum absolute atomic E-state index is 0.0535. The average Bonchev–Trinajstić information content (AvgIpc) is 2.16. The fourth-order valence-electron chi connectivity index (χ4n) is 1.77. The molecule has 0 aliphatic carbocycles. The molecule has 1 saturated heterocycles. The van der Waals surface area contributed by atoms with E-state index in [0.717, 1.165) is 0 Å². The van der Waals surface area contributed by atoms with E-state index in [0.29, 0.717) is 6.42 Å². The first-order valence-corrected chi connectivity index (χ1v) is 8.78. The summed E-state index contributed by atoms with van der Waals surface area (Å²) in [4.78, 5) is 0.